The van der Waals surface area contributed by atoms with Crippen LogP contribution in [0.1, 0.15) is 40.0 Å². The maximum absolute atomic E-state index is 11.8. The highest BCUT2D eigenvalue weighted by Gasteiger charge is 2.22. The normalized spacial score (nSPS) is 23.2. The number of hydrogen-bond acceptors (Lipinski definition) is 3. The van der Waals surface area contributed by atoms with E-state index in [0.717, 1.165) is 25.9 Å². The average molecular weight is 242 g/mol. The molecule has 1 amide bonds. The highest BCUT2D eigenvalue weighted by molar-refractivity contribution is 5.78. The molecule has 0 aromatic rings. The van der Waals surface area contributed by atoms with Crippen LogP contribution in [0.3, 0.4) is 0 Å². The Labute approximate surface area is 104 Å². The van der Waals surface area contributed by atoms with Gasteiger partial charge in [-0.2, -0.15) is 0 Å². The van der Waals surface area contributed by atoms with Crippen LogP contribution in [0.2, 0.25) is 0 Å². The Bertz CT molecular complexity index is 242. The van der Waals surface area contributed by atoms with Crippen molar-refractivity contribution in [3.8, 4) is 0 Å². The first kappa shape index (κ1) is 14.5. The maximum Gasteiger partial charge on any atom is 0.224 e. The van der Waals surface area contributed by atoms with E-state index in [4.69, 9.17) is 0 Å². The van der Waals surface area contributed by atoms with Crippen LogP contribution in [-0.2, 0) is 4.79 Å². The Morgan fingerprint density at radius 1 is 1.53 bits per heavy atom. The highest BCUT2D eigenvalue weighted by Crippen LogP contribution is 2.20. The van der Waals surface area contributed by atoms with Crippen molar-refractivity contribution in [2.45, 2.75) is 46.1 Å². The third kappa shape index (κ3) is 6.03. The zero-order valence-corrected chi connectivity index (χ0v) is 11.3. The molecular formula is C13H26N2O2. The summed E-state index contributed by atoms with van der Waals surface area (Å²) in [6.07, 6.45) is 2.27. The third-order valence-corrected chi connectivity index (χ3v) is 3.03. The van der Waals surface area contributed by atoms with E-state index in [1.54, 1.807) is 0 Å². The van der Waals surface area contributed by atoms with E-state index in [1.807, 2.05) is 0 Å². The summed E-state index contributed by atoms with van der Waals surface area (Å²) in [6, 6.07) is 0. The van der Waals surface area contributed by atoms with Crippen LogP contribution < -0.4 is 10.6 Å². The van der Waals surface area contributed by atoms with Crippen LogP contribution in [0, 0.1) is 11.3 Å². The lowest BCUT2D eigenvalue weighted by molar-refractivity contribution is -0.126. The SMILES string of the molecule is CC(C)(C)CC(O)CNC(=O)[C@@H]1CCCNC1. The summed E-state index contributed by atoms with van der Waals surface area (Å²) in [4.78, 5) is 11.8. The number of hydrogen-bond donors (Lipinski definition) is 3. The van der Waals surface area contributed by atoms with Crippen molar-refractivity contribution in [1.82, 2.24) is 10.6 Å². The third-order valence-electron chi connectivity index (χ3n) is 3.03. The van der Waals surface area contributed by atoms with Crippen molar-refractivity contribution in [3.63, 3.8) is 0 Å². The second-order valence-electron chi connectivity index (χ2n) is 6.21. The van der Waals surface area contributed by atoms with E-state index in [0.29, 0.717) is 13.0 Å². The second kappa shape index (κ2) is 6.36. The fourth-order valence-electron chi connectivity index (χ4n) is 2.22. The zero-order chi connectivity index (χ0) is 12.9. The van der Waals surface area contributed by atoms with Gasteiger partial charge in [-0.1, -0.05) is 20.8 Å². The maximum atomic E-state index is 11.8. The van der Waals surface area contributed by atoms with Gasteiger partial charge in [-0.3, -0.25) is 4.79 Å². The number of amides is 1. The minimum atomic E-state index is -0.449. The predicted molar refractivity (Wildman–Crippen MR) is 68.7 cm³/mol. The number of aliphatic hydroxyl groups excluding tert-OH is 1. The molecule has 1 unspecified atom stereocenters. The molecule has 0 spiro atoms. The molecule has 4 heteroatoms. The lowest BCUT2D eigenvalue weighted by Gasteiger charge is -2.25. The Balaban J connectivity index is 2.22. The van der Waals surface area contributed by atoms with Gasteiger partial charge in [0.1, 0.15) is 0 Å². The molecule has 0 radical (unpaired) electrons. The first-order valence-corrected chi connectivity index (χ1v) is 6.55. The van der Waals surface area contributed by atoms with Gasteiger partial charge >= 0.3 is 0 Å². The van der Waals surface area contributed by atoms with Crippen molar-refractivity contribution in [2.75, 3.05) is 19.6 Å². The van der Waals surface area contributed by atoms with Gasteiger partial charge in [0.15, 0.2) is 0 Å². The lowest BCUT2D eigenvalue weighted by Crippen LogP contribution is -2.43. The molecule has 0 bridgehead atoms. The van der Waals surface area contributed by atoms with Crippen LogP contribution in [0.4, 0.5) is 0 Å². The zero-order valence-electron chi connectivity index (χ0n) is 11.3. The van der Waals surface area contributed by atoms with Gasteiger partial charge in [0.05, 0.1) is 12.0 Å². The summed E-state index contributed by atoms with van der Waals surface area (Å²) in [5.41, 5.74) is 0.0938. The Kier molecular flexibility index (Phi) is 5.40. The van der Waals surface area contributed by atoms with Crippen LogP contribution in [0.15, 0.2) is 0 Å². The summed E-state index contributed by atoms with van der Waals surface area (Å²) in [7, 11) is 0. The standard InChI is InChI=1S/C13H26N2O2/c1-13(2,3)7-11(16)9-15-12(17)10-5-4-6-14-8-10/h10-11,14,16H,4-9H2,1-3H3,(H,15,17)/t10-,11?/m1/s1. The lowest BCUT2D eigenvalue weighted by atomic mass is 9.89. The average Bonchev–Trinajstić information content (AvgIpc) is 2.25. The van der Waals surface area contributed by atoms with E-state index in [2.05, 4.69) is 31.4 Å². The van der Waals surface area contributed by atoms with E-state index in [9.17, 15) is 9.90 Å². The smallest absolute Gasteiger partial charge is 0.224 e. The summed E-state index contributed by atoms with van der Waals surface area (Å²) in [5, 5.41) is 15.9. The van der Waals surface area contributed by atoms with Crippen LogP contribution in [-0.4, -0.2) is 36.8 Å². The van der Waals surface area contributed by atoms with Gasteiger partial charge in [0.25, 0.3) is 0 Å². The van der Waals surface area contributed by atoms with Gasteiger partial charge in [-0.05, 0) is 31.2 Å². The Morgan fingerprint density at radius 3 is 2.76 bits per heavy atom. The molecule has 3 N–H and O–H groups in total. The molecule has 1 fully saturated rings. The molecule has 17 heavy (non-hydrogen) atoms. The van der Waals surface area contributed by atoms with Gasteiger partial charge in [-0.15, -0.1) is 0 Å². The number of nitrogens with one attached hydrogen (secondary N) is 2. The van der Waals surface area contributed by atoms with Gasteiger partial charge < -0.3 is 15.7 Å². The molecule has 1 rings (SSSR count). The van der Waals surface area contributed by atoms with E-state index in [1.165, 1.54) is 0 Å². The van der Waals surface area contributed by atoms with Crippen LogP contribution in [0.5, 0.6) is 0 Å². The van der Waals surface area contributed by atoms with E-state index in [-0.39, 0.29) is 17.2 Å². The summed E-state index contributed by atoms with van der Waals surface area (Å²) >= 11 is 0. The second-order valence-corrected chi connectivity index (χ2v) is 6.21. The number of carbonyl (C=O) groups excluding carboxylic acids is 1. The first-order valence-electron chi connectivity index (χ1n) is 6.55. The molecule has 1 aliphatic heterocycles. The molecular weight excluding hydrogens is 216 g/mol. The van der Waals surface area contributed by atoms with E-state index < -0.39 is 6.10 Å². The number of rotatable bonds is 4. The number of carbonyl (C=O) groups is 1. The van der Waals surface area contributed by atoms with E-state index >= 15 is 0 Å². The van der Waals surface area contributed by atoms with Crippen LogP contribution in [0.25, 0.3) is 0 Å². The fraction of sp³-hybridized carbons (Fsp3) is 0.923. The molecule has 100 valence electrons. The van der Waals surface area contributed by atoms with Gasteiger partial charge in [-0.25, -0.2) is 0 Å². The minimum Gasteiger partial charge on any atom is -0.391 e. The molecule has 1 saturated heterocycles. The van der Waals surface area contributed by atoms with Crippen molar-refractivity contribution in [2.24, 2.45) is 11.3 Å². The largest absolute Gasteiger partial charge is 0.391 e. The molecule has 4 nitrogen and oxygen atoms in total. The van der Waals surface area contributed by atoms with Gasteiger partial charge in [0, 0.05) is 13.1 Å². The van der Waals surface area contributed by atoms with Crippen molar-refractivity contribution >= 4 is 5.91 Å². The van der Waals surface area contributed by atoms with Crippen molar-refractivity contribution in [3.05, 3.63) is 0 Å². The Morgan fingerprint density at radius 2 is 2.24 bits per heavy atom. The van der Waals surface area contributed by atoms with Crippen molar-refractivity contribution < 1.29 is 9.90 Å². The van der Waals surface area contributed by atoms with Crippen molar-refractivity contribution in [1.29, 1.82) is 0 Å². The molecule has 0 aliphatic carbocycles. The summed E-state index contributed by atoms with van der Waals surface area (Å²) in [6.45, 7) is 8.40. The highest BCUT2D eigenvalue weighted by atomic mass is 16.3. The number of piperidine rings is 1. The molecule has 0 aromatic heterocycles. The topological polar surface area (TPSA) is 61.4 Å². The molecule has 1 aliphatic rings. The first-order chi connectivity index (χ1) is 7.88. The number of aliphatic hydroxyl groups is 1. The monoisotopic (exact) mass is 242 g/mol. The summed E-state index contributed by atoms with van der Waals surface area (Å²) in [5.74, 6) is 0.149. The quantitative estimate of drug-likeness (QED) is 0.686. The predicted octanol–water partition coefficient (Wildman–Crippen LogP) is 0.899. The Hall–Kier alpha value is -0.610. The minimum absolute atomic E-state index is 0.0742. The molecule has 0 saturated carbocycles. The molecule has 1 heterocycles. The molecule has 0 aromatic carbocycles. The fourth-order valence-corrected chi connectivity index (χ4v) is 2.22. The van der Waals surface area contributed by atoms with Gasteiger partial charge in [0.2, 0.25) is 5.91 Å². The van der Waals surface area contributed by atoms with Crippen LogP contribution >= 0.6 is 0 Å². The molecule has 2 atom stereocenters. The summed E-state index contributed by atoms with van der Waals surface area (Å²) < 4.78 is 0.